The molecule has 1 saturated heterocycles. The standard InChI is InChI=1S/C32H54N6O6/c1-11-21(3)35-43-25(39)33-23-13-29(5,6)17-31(9,15-23)19-37-27(41)38(28(37)42)20-32(10)16-24(14-30(7,8)18-32)34-26(40)44-36-22(4)12-2/h23-24H,11-20H2,1-10H3,(H,33,39)(H,34,40)/b35-21+,36-22+. The number of amides is 6. The molecule has 6 amide bonds. The lowest BCUT2D eigenvalue weighted by Gasteiger charge is -2.53. The number of oxime groups is 2. The van der Waals surface area contributed by atoms with E-state index in [-0.39, 0.29) is 58.9 Å². The summed E-state index contributed by atoms with van der Waals surface area (Å²) in [7, 11) is 0. The SMILES string of the molecule is CC/C(C)=N/OC(=O)NC1CC(C)(C)CC(C)(CN2C(=O)N(CC3(C)CC(NC(=O)O/N=C(\C)CC)CC(C)(C)C3)C2=O)C1. The summed E-state index contributed by atoms with van der Waals surface area (Å²) in [5.74, 6) is 0. The van der Waals surface area contributed by atoms with Crippen LogP contribution in [0.1, 0.15) is 121 Å². The Morgan fingerprint density at radius 3 is 1.36 bits per heavy atom. The van der Waals surface area contributed by atoms with Crippen molar-refractivity contribution < 1.29 is 28.9 Å². The molecule has 248 valence electrons. The largest absolute Gasteiger partial charge is 0.433 e. The number of urea groups is 2. The van der Waals surface area contributed by atoms with Gasteiger partial charge >= 0.3 is 24.2 Å². The van der Waals surface area contributed by atoms with Gasteiger partial charge < -0.3 is 10.6 Å². The van der Waals surface area contributed by atoms with Gasteiger partial charge in [-0.25, -0.2) is 29.0 Å². The molecule has 3 aliphatic rings. The zero-order chi connectivity index (χ0) is 33.1. The Labute approximate surface area is 262 Å². The first-order valence-corrected chi connectivity index (χ1v) is 15.9. The first-order chi connectivity index (χ1) is 20.3. The normalized spacial score (nSPS) is 30.4. The van der Waals surface area contributed by atoms with E-state index in [0.29, 0.717) is 25.7 Å². The van der Waals surface area contributed by atoms with Crippen molar-refractivity contribution in [1.82, 2.24) is 20.4 Å². The number of hydrogen-bond donors (Lipinski definition) is 2. The highest BCUT2D eigenvalue weighted by atomic mass is 16.7. The predicted octanol–water partition coefficient (Wildman–Crippen LogP) is 7.04. The minimum Gasteiger partial charge on any atom is -0.317 e. The molecular weight excluding hydrogens is 564 g/mol. The fourth-order valence-corrected chi connectivity index (χ4v) is 7.91. The summed E-state index contributed by atoms with van der Waals surface area (Å²) < 4.78 is 0. The number of imide groups is 2. The Morgan fingerprint density at radius 1 is 0.705 bits per heavy atom. The van der Waals surface area contributed by atoms with Crippen LogP contribution in [-0.4, -0.2) is 70.6 Å². The molecule has 12 heteroatoms. The molecule has 3 rings (SSSR count). The molecule has 2 saturated carbocycles. The molecule has 2 aliphatic carbocycles. The highest BCUT2D eigenvalue weighted by Crippen LogP contribution is 2.49. The number of hydrogen-bond acceptors (Lipinski definition) is 8. The van der Waals surface area contributed by atoms with E-state index in [2.05, 4.69) is 62.5 Å². The third-order valence-corrected chi connectivity index (χ3v) is 9.13. The molecule has 2 N–H and O–H groups in total. The van der Waals surface area contributed by atoms with Crippen molar-refractivity contribution in [3.8, 4) is 0 Å². The van der Waals surface area contributed by atoms with Crippen molar-refractivity contribution in [2.45, 2.75) is 133 Å². The minimum absolute atomic E-state index is 0.116. The molecule has 4 atom stereocenters. The lowest BCUT2D eigenvalue weighted by molar-refractivity contribution is 0.00962. The minimum atomic E-state index is -0.598. The van der Waals surface area contributed by atoms with Crippen molar-refractivity contribution in [2.75, 3.05) is 13.1 Å². The van der Waals surface area contributed by atoms with Crippen LogP contribution in [0.3, 0.4) is 0 Å². The third-order valence-electron chi connectivity index (χ3n) is 9.13. The molecule has 44 heavy (non-hydrogen) atoms. The molecule has 0 bridgehead atoms. The van der Waals surface area contributed by atoms with Gasteiger partial charge in [0, 0.05) is 25.2 Å². The average Bonchev–Trinajstić information content (AvgIpc) is 2.89. The van der Waals surface area contributed by atoms with Crippen LogP contribution < -0.4 is 10.6 Å². The van der Waals surface area contributed by atoms with Crippen LogP contribution in [0.15, 0.2) is 10.3 Å². The van der Waals surface area contributed by atoms with Crippen LogP contribution in [0.5, 0.6) is 0 Å². The highest BCUT2D eigenvalue weighted by Gasteiger charge is 2.53. The molecule has 4 unspecified atom stereocenters. The topological polar surface area (TPSA) is 142 Å². The zero-order valence-electron chi connectivity index (χ0n) is 28.5. The Bertz CT molecular complexity index is 1080. The van der Waals surface area contributed by atoms with E-state index in [1.165, 1.54) is 9.80 Å². The highest BCUT2D eigenvalue weighted by molar-refractivity contribution is 6.11. The second kappa shape index (κ2) is 13.4. The first kappa shape index (κ1) is 35.3. The molecule has 0 radical (unpaired) electrons. The Kier molecular flexibility index (Phi) is 10.8. The van der Waals surface area contributed by atoms with E-state index in [9.17, 15) is 19.2 Å². The first-order valence-electron chi connectivity index (χ1n) is 15.9. The van der Waals surface area contributed by atoms with Crippen molar-refractivity contribution in [2.24, 2.45) is 32.0 Å². The third kappa shape index (κ3) is 9.41. The maximum absolute atomic E-state index is 13.4. The van der Waals surface area contributed by atoms with E-state index in [1.54, 1.807) is 13.8 Å². The van der Waals surface area contributed by atoms with E-state index >= 15 is 0 Å². The molecule has 0 aromatic rings. The van der Waals surface area contributed by atoms with Gasteiger partial charge in [0.1, 0.15) is 0 Å². The van der Waals surface area contributed by atoms with E-state index in [0.717, 1.165) is 37.1 Å². The van der Waals surface area contributed by atoms with Crippen LogP contribution >= 0.6 is 0 Å². The van der Waals surface area contributed by atoms with Gasteiger partial charge in [-0.05, 0) is 86.9 Å². The smallest absolute Gasteiger partial charge is 0.317 e. The second-order valence-corrected chi connectivity index (χ2v) is 15.7. The van der Waals surface area contributed by atoms with Crippen LogP contribution in [0.4, 0.5) is 19.2 Å². The summed E-state index contributed by atoms with van der Waals surface area (Å²) in [6.45, 7) is 20.7. The van der Waals surface area contributed by atoms with Gasteiger partial charge in [-0.15, -0.1) is 0 Å². The molecular formula is C32H54N6O6. The number of carbonyl (C=O) groups is 4. The summed E-state index contributed by atoms with van der Waals surface area (Å²) in [5, 5.41) is 13.6. The average molecular weight is 619 g/mol. The summed E-state index contributed by atoms with van der Waals surface area (Å²) in [6.07, 6.45) is 4.50. The maximum Gasteiger partial charge on any atom is 0.433 e. The van der Waals surface area contributed by atoms with Gasteiger partial charge in [0.15, 0.2) is 0 Å². The fourth-order valence-electron chi connectivity index (χ4n) is 7.91. The van der Waals surface area contributed by atoms with Crippen molar-refractivity contribution in [3.05, 3.63) is 0 Å². The predicted molar refractivity (Wildman–Crippen MR) is 169 cm³/mol. The van der Waals surface area contributed by atoms with E-state index in [4.69, 9.17) is 9.68 Å². The van der Waals surface area contributed by atoms with Gasteiger partial charge in [0.25, 0.3) is 0 Å². The van der Waals surface area contributed by atoms with Crippen molar-refractivity contribution >= 4 is 35.7 Å². The van der Waals surface area contributed by atoms with Crippen LogP contribution in [0, 0.1) is 21.7 Å². The Balaban J connectivity index is 1.63. The molecule has 12 nitrogen and oxygen atoms in total. The molecule has 3 fully saturated rings. The van der Waals surface area contributed by atoms with Crippen LogP contribution in [0.2, 0.25) is 0 Å². The molecule has 1 aliphatic heterocycles. The Hall–Kier alpha value is -3.18. The Morgan fingerprint density at radius 2 is 1.05 bits per heavy atom. The second-order valence-electron chi connectivity index (χ2n) is 15.7. The van der Waals surface area contributed by atoms with Crippen molar-refractivity contribution in [1.29, 1.82) is 0 Å². The zero-order valence-corrected chi connectivity index (χ0v) is 28.5. The van der Waals surface area contributed by atoms with E-state index in [1.807, 2.05) is 13.8 Å². The number of nitrogens with one attached hydrogen (secondary N) is 2. The molecule has 1 heterocycles. The quantitative estimate of drug-likeness (QED) is 0.153. The van der Waals surface area contributed by atoms with E-state index < -0.39 is 12.2 Å². The number of rotatable bonds is 10. The van der Waals surface area contributed by atoms with Crippen molar-refractivity contribution in [3.63, 3.8) is 0 Å². The van der Waals surface area contributed by atoms with Gasteiger partial charge in [-0.3, -0.25) is 9.68 Å². The lowest BCUT2D eigenvalue weighted by Crippen LogP contribution is -2.68. The summed E-state index contributed by atoms with van der Waals surface area (Å²) in [6, 6.07) is -0.948. The summed E-state index contributed by atoms with van der Waals surface area (Å²) >= 11 is 0. The van der Waals surface area contributed by atoms with Gasteiger partial charge in [-0.2, -0.15) is 0 Å². The van der Waals surface area contributed by atoms with Crippen LogP contribution in [0.25, 0.3) is 0 Å². The molecule has 0 aromatic carbocycles. The number of carbonyl (C=O) groups excluding carboxylic acids is 4. The lowest BCUT2D eigenvalue weighted by atomic mass is 9.62. The number of nitrogens with zero attached hydrogens (tertiary/aromatic N) is 4. The van der Waals surface area contributed by atoms with Gasteiger partial charge in [0.2, 0.25) is 0 Å². The van der Waals surface area contributed by atoms with Gasteiger partial charge in [0.05, 0.1) is 11.4 Å². The fraction of sp³-hybridized carbons (Fsp3) is 0.812. The molecule has 0 spiro atoms. The summed E-state index contributed by atoms with van der Waals surface area (Å²) in [5.41, 5.74) is 0.444. The molecule has 0 aromatic heterocycles. The maximum atomic E-state index is 13.4. The van der Waals surface area contributed by atoms with Crippen LogP contribution in [-0.2, 0) is 9.68 Å². The summed E-state index contributed by atoms with van der Waals surface area (Å²) in [4.78, 5) is 64.4. The monoisotopic (exact) mass is 618 g/mol. The van der Waals surface area contributed by atoms with Gasteiger partial charge in [-0.1, -0.05) is 65.7 Å².